The molecule has 134 valence electrons. The number of thioether (sulfide) groups is 1. The van der Waals surface area contributed by atoms with Crippen molar-refractivity contribution in [3.05, 3.63) is 45.9 Å². The first kappa shape index (κ1) is 19.5. The van der Waals surface area contributed by atoms with E-state index in [2.05, 4.69) is 15.7 Å². The number of carbonyl (C=O) groups is 2. The highest BCUT2D eigenvalue weighted by atomic mass is 32.2. The summed E-state index contributed by atoms with van der Waals surface area (Å²) in [4.78, 5) is 31.1. The number of rotatable bonds is 7. The second-order valence-corrected chi connectivity index (χ2v) is 8.17. The molecular weight excluding hydrogens is 354 g/mol. The number of nitrogens with zero attached hydrogens (tertiary/aromatic N) is 2. The lowest BCUT2D eigenvalue weighted by atomic mass is 10.2. The maximum atomic E-state index is 12.4. The van der Waals surface area contributed by atoms with Gasteiger partial charge in [-0.3, -0.25) is 9.59 Å². The number of benzene rings is 1. The van der Waals surface area contributed by atoms with Crippen LogP contribution in [0.1, 0.15) is 34.9 Å². The monoisotopic (exact) mass is 377 g/mol. The van der Waals surface area contributed by atoms with Gasteiger partial charge < -0.3 is 10.2 Å². The molecule has 1 heterocycles. The molecule has 0 fully saturated rings. The third-order valence-electron chi connectivity index (χ3n) is 3.33. The fourth-order valence-corrected chi connectivity index (χ4v) is 3.71. The number of thiazole rings is 1. The molecule has 0 saturated carbocycles. The minimum atomic E-state index is -0.161. The van der Waals surface area contributed by atoms with Crippen LogP contribution in [0.4, 0.5) is 0 Å². The summed E-state index contributed by atoms with van der Waals surface area (Å²) in [6.45, 7) is 5.83. The zero-order chi connectivity index (χ0) is 18.4. The molecule has 1 aromatic heterocycles. The maximum Gasteiger partial charge on any atom is 0.254 e. The molecule has 0 radical (unpaired) electrons. The SMILES string of the molecule is Cc1nc(CSc2ccc(C(=O)N(C)CC(=O)NC(C)C)cc2)cs1. The third kappa shape index (κ3) is 6.17. The molecule has 2 aromatic rings. The van der Waals surface area contributed by atoms with E-state index in [-0.39, 0.29) is 24.4 Å². The Kier molecular flexibility index (Phi) is 7.01. The Morgan fingerprint density at radius 2 is 1.96 bits per heavy atom. The highest BCUT2D eigenvalue weighted by molar-refractivity contribution is 7.98. The molecule has 0 bridgehead atoms. The van der Waals surface area contributed by atoms with E-state index in [9.17, 15) is 9.59 Å². The Hall–Kier alpha value is -1.86. The highest BCUT2D eigenvalue weighted by Crippen LogP contribution is 2.24. The Morgan fingerprint density at radius 1 is 1.28 bits per heavy atom. The van der Waals surface area contributed by atoms with Crippen LogP contribution in [-0.4, -0.2) is 41.3 Å². The van der Waals surface area contributed by atoms with E-state index < -0.39 is 0 Å². The number of aryl methyl sites for hydroxylation is 1. The fourth-order valence-electron chi connectivity index (χ4n) is 2.20. The number of nitrogens with one attached hydrogen (secondary N) is 1. The summed E-state index contributed by atoms with van der Waals surface area (Å²) in [7, 11) is 1.63. The molecular formula is C18H23N3O2S2. The summed E-state index contributed by atoms with van der Waals surface area (Å²) in [6, 6.07) is 7.52. The van der Waals surface area contributed by atoms with Gasteiger partial charge in [-0.15, -0.1) is 23.1 Å². The van der Waals surface area contributed by atoms with Crippen LogP contribution in [0, 0.1) is 6.92 Å². The predicted molar refractivity (Wildman–Crippen MR) is 103 cm³/mol. The Labute approximate surface area is 156 Å². The van der Waals surface area contributed by atoms with Crippen molar-refractivity contribution in [2.45, 2.75) is 37.5 Å². The Bertz CT molecular complexity index is 726. The smallest absolute Gasteiger partial charge is 0.254 e. The Balaban J connectivity index is 1.89. The first-order valence-electron chi connectivity index (χ1n) is 8.04. The number of carbonyl (C=O) groups excluding carboxylic acids is 2. The molecule has 2 amide bonds. The van der Waals surface area contributed by atoms with Gasteiger partial charge in [-0.25, -0.2) is 4.98 Å². The van der Waals surface area contributed by atoms with Crippen LogP contribution in [0.2, 0.25) is 0 Å². The molecule has 0 saturated heterocycles. The van der Waals surface area contributed by atoms with Crippen LogP contribution in [0.15, 0.2) is 34.5 Å². The molecule has 0 atom stereocenters. The minimum Gasteiger partial charge on any atom is -0.352 e. The average molecular weight is 378 g/mol. The van der Waals surface area contributed by atoms with Crippen molar-refractivity contribution < 1.29 is 9.59 Å². The number of hydrogen-bond donors (Lipinski definition) is 1. The first-order chi connectivity index (χ1) is 11.8. The van der Waals surface area contributed by atoms with Crippen LogP contribution in [0.3, 0.4) is 0 Å². The third-order valence-corrected chi connectivity index (χ3v) is 5.20. The van der Waals surface area contributed by atoms with Crippen LogP contribution >= 0.6 is 23.1 Å². The molecule has 1 aromatic carbocycles. The average Bonchev–Trinajstić information content (AvgIpc) is 2.97. The van der Waals surface area contributed by atoms with Gasteiger partial charge in [0.1, 0.15) is 0 Å². The van der Waals surface area contributed by atoms with Gasteiger partial charge in [-0.05, 0) is 45.0 Å². The van der Waals surface area contributed by atoms with Gasteiger partial charge in [-0.1, -0.05) is 0 Å². The van der Waals surface area contributed by atoms with Gasteiger partial charge in [0.15, 0.2) is 0 Å². The van der Waals surface area contributed by atoms with Crippen molar-refractivity contribution in [2.75, 3.05) is 13.6 Å². The molecule has 0 unspecified atom stereocenters. The molecule has 0 aliphatic rings. The van der Waals surface area contributed by atoms with Crippen LogP contribution in [0.5, 0.6) is 0 Å². The highest BCUT2D eigenvalue weighted by Gasteiger charge is 2.15. The molecule has 5 nitrogen and oxygen atoms in total. The van der Waals surface area contributed by atoms with Crippen LogP contribution in [0.25, 0.3) is 0 Å². The summed E-state index contributed by atoms with van der Waals surface area (Å²) in [5.41, 5.74) is 1.65. The molecule has 2 rings (SSSR count). The second-order valence-electron chi connectivity index (χ2n) is 6.05. The van der Waals surface area contributed by atoms with Crippen molar-refractivity contribution in [3.8, 4) is 0 Å². The van der Waals surface area contributed by atoms with Crippen molar-refractivity contribution >= 4 is 34.9 Å². The van der Waals surface area contributed by atoms with E-state index >= 15 is 0 Å². The fraction of sp³-hybridized carbons (Fsp3) is 0.389. The zero-order valence-corrected chi connectivity index (χ0v) is 16.5. The summed E-state index contributed by atoms with van der Waals surface area (Å²) in [5, 5.41) is 5.92. The van der Waals surface area contributed by atoms with Gasteiger partial charge in [0.25, 0.3) is 5.91 Å². The lowest BCUT2D eigenvalue weighted by Crippen LogP contribution is -2.40. The van der Waals surface area contributed by atoms with Crippen molar-refractivity contribution in [1.29, 1.82) is 0 Å². The maximum absolute atomic E-state index is 12.4. The standard InChI is InChI=1S/C18H23N3O2S2/c1-12(2)19-17(22)9-21(4)18(23)14-5-7-16(8-6-14)25-11-15-10-24-13(3)20-15/h5-8,10,12H,9,11H2,1-4H3,(H,19,22). The number of amides is 2. The quantitative estimate of drug-likeness (QED) is 0.752. The lowest BCUT2D eigenvalue weighted by Gasteiger charge is -2.18. The zero-order valence-electron chi connectivity index (χ0n) is 14.9. The van der Waals surface area contributed by atoms with E-state index in [1.165, 1.54) is 4.90 Å². The molecule has 1 N–H and O–H groups in total. The van der Waals surface area contributed by atoms with Crippen molar-refractivity contribution in [2.24, 2.45) is 0 Å². The van der Waals surface area contributed by atoms with Gasteiger partial charge in [0, 0.05) is 34.7 Å². The number of hydrogen-bond acceptors (Lipinski definition) is 5. The van der Waals surface area contributed by atoms with E-state index in [1.807, 2.05) is 32.9 Å². The van der Waals surface area contributed by atoms with Crippen LogP contribution in [-0.2, 0) is 10.5 Å². The summed E-state index contributed by atoms with van der Waals surface area (Å²) < 4.78 is 0. The van der Waals surface area contributed by atoms with Gasteiger partial charge in [0.05, 0.1) is 17.2 Å². The summed E-state index contributed by atoms with van der Waals surface area (Å²) in [6.07, 6.45) is 0. The minimum absolute atomic E-state index is 0.0523. The largest absolute Gasteiger partial charge is 0.352 e. The topological polar surface area (TPSA) is 62.3 Å². The summed E-state index contributed by atoms with van der Waals surface area (Å²) >= 11 is 3.34. The van der Waals surface area contributed by atoms with E-state index in [1.54, 1.807) is 42.3 Å². The Morgan fingerprint density at radius 3 is 2.52 bits per heavy atom. The van der Waals surface area contributed by atoms with Crippen LogP contribution < -0.4 is 5.32 Å². The molecule has 7 heteroatoms. The van der Waals surface area contributed by atoms with Gasteiger partial charge >= 0.3 is 0 Å². The normalized spacial score (nSPS) is 10.8. The van der Waals surface area contributed by atoms with Crippen molar-refractivity contribution in [1.82, 2.24) is 15.2 Å². The molecule has 0 spiro atoms. The summed E-state index contributed by atoms with van der Waals surface area (Å²) in [5.74, 6) is 0.495. The van der Waals surface area contributed by atoms with Crippen molar-refractivity contribution in [3.63, 3.8) is 0 Å². The van der Waals surface area contributed by atoms with Gasteiger partial charge in [0.2, 0.25) is 5.91 Å². The van der Waals surface area contributed by atoms with E-state index in [0.29, 0.717) is 5.56 Å². The lowest BCUT2D eigenvalue weighted by molar-refractivity contribution is -0.122. The molecule has 0 aliphatic heterocycles. The number of likely N-dealkylation sites (N-methyl/N-ethyl adjacent to an activating group) is 1. The second kappa shape index (κ2) is 9.01. The van der Waals surface area contributed by atoms with E-state index in [0.717, 1.165) is 21.3 Å². The van der Waals surface area contributed by atoms with Gasteiger partial charge in [-0.2, -0.15) is 0 Å². The number of aromatic nitrogens is 1. The van der Waals surface area contributed by atoms with E-state index in [4.69, 9.17) is 0 Å². The first-order valence-corrected chi connectivity index (χ1v) is 9.90. The predicted octanol–water partition coefficient (Wildman–Crippen LogP) is 3.34. The molecule has 0 aliphatic carbocycles. The molecule has 25 heavy (non-hydrogen) atoms.